The van der Waals surface area contributed by atoms with E-state index in [0.29, 0.717) is 12.0 Å². The summed E-state index contributed by atoms with van der Waals surface area (Å²) in [5.41, 5.74) is 0.169. The normalized spacial score (nSPS) is 9.76. The Hall–Kier alpha value is -2.63. The molecule has 0 unspecified atom stereocenters. The van der Waals surface area contributed by atoms with E-state index in [0.717, 1.165) is 0 Å². The second kappa shape index (κ2) is 7.84. The maximum Gasteiger partial charge on any atom is 0.339 e. The number of esters is 2. The van der Waals surface area contributed by atoms with E-state index in [1.165, 1.54) is 25.1 Å². The summed E-state index contributed by atoms with van der Waals surface area (Å²) >= 11 is 0. The molecule has 0 spiro atoms. The second-order valence-corrected chi connectivity index (χ2v) is 4.26. The van der Waals surface area contributed by atoms with Crippen LogP contribution in [0.15, 0.2) is 36.4 Å². The highest BCUT2D eigenvalue weighted by Crippen LogP contribution is 2.10. The zero-order valence-electron chi connectivity index (χ0n) is 11.6. The van der Waals surface area contributed by atoms with Gasteiger partial charge in [-0.2, -0.15) is 0 Å². The molecular formula is C15H16O6. The van der Waals surface area contributed by atoms with Crippen LogP contribution in [0.4, 0.5) is 0 Å². The lowest BCUT2D eigenvalue weighted by Gasteiger charge is -2.07. The fourth-order valence-corrected chi connectivity index (χ4v) is 1.44. The van der Waals surface area contributed by atoms with Gasteiger partial charge in [0.2, 0.25) is 0 Å². The van der Waals surface area contributed by atoms with Crippen molar-refractivity contribution in [1.82, 2.24) is 0 Å². The highest BCUT2D eigenvalue weighted by atomic mass is 16.5. The SMILES string of the molecule is C=C(C)C(=O)OCCCOC(=O)c1ccccc1C(=O)O. The highest BCUT2D eigenvalue weighted by Gasteiger charge is 2.16. The largest absolute Gasteiger partial charge is 0.478 e. The Morgan fingerprint density at radius 3 is 2.24 bits per heavy atom. The maximum absolute atomic E-state index is 11.8. The molecule has 1 N–H and O–H groups in total. The van der Waals surface area contributed by atoms with Crippen LogP contribution in [0.1, 0.15) is 34.1 Å². The Bertz CT molecular complexity index is 561. The summed E-state index contributed by atoms with van der Waals surface area (Å²) < 4.78 is 9.77. The van der Waals surface area contributed by atoms with Gasteiger partial charge in [-0.1, -0.05) is 18.7 Å². The third kappa shape index (κ3) is 5.10. The molecule has 0 aliphatic rings. The van der Waals surface area contributed by atoms with Gasteiger partial charge >= 0.3 is 17.9 Å². The Morgan fingerprint density at radius 2 is 1.67 bits per heavy atom. The second-order valence-electron chi connectivity index (χ2n) is 4.26. The van der Waals surface area contributed by atoms with Gasteiger partial charge in [0.05, 0.1) is 24.3 Å². The van der Waals surface area contributed by atoms with Crippen LogP contribution in [0, 0.1) is 0 Å². The first-order valence-electron chi connectivity index (χ1n) is 6.25. The first-order chi connectivity index (χ1) is 9.93. The molecule has 0 aliphatic carbocycles. The standard InChI is InChI=1S/C15H16O6/c1-10(2)14(18)20-8-5-9-21-15(19)12-7-4-3-6-11(12)13(16)17/h3-4,6-7H,1,5,8-9H2,2H3,(H,16,17). The van der Waals surface area contributed by atoms with Gasteiger partial charge in [-0.3, -0.25) is 0 Å². The van der Waals surface area contributed by atoms with Crippen molar-refractivity contribution in [3.05, 3.63) is 47.5 Å². The molecule has 6 heteroatoms. The van der Waals surface area contributed by atoms with E-state index in [4.69, 9.17) is 14.6 Å². The first kappa shape index (κ1) is 16.4. The number of aromatic carboxylic acids is 1. The summed E-state index contributed by atoms with van der Waals surface area (Å²) in [6, 6.07) is 5.79. The van der Waals surface area contributed by atoms with Gasteiger partial charge in [0.25, 0.3) is 0 Å². The van der Waals surface area contributed by atoms with Crippen LogP contribution >= 0.6 is 0 Å². The predicted molar refractivity (Wildman–Crippen MR) is 74.1 cm³/mol. The lowest BCUT2D eigenvalue weighted by Crippen LogP contribution is -2.14. The van der Waals surface area contributed by atoms with Gasteiger partial charge in [-0.05, 0) is 19.1 Å². The molecule has 1 rings (SSSR count). The number of carbonyl (C=O) groups excluding carboxylic acids is 2. The lowest BCUT2D eigenvalue weighted by molar-refractivity contribution is -0.139. The van der Waals surface area contributed by atoms with Crippen molar-refractivity contribution < 1.29 is 29.0 Å². The van der Waals surface area contributed by atoms with Crippen LogP contribution in [-0.4, -0.2) is 36.2 Å². The van der Waals surface area contributed by atoms with Crippen molar-refractivity contribution in [2.75, 3.05) is 13.2 Å². The Morgan fingerprint density at radius 1 is 1.10 bits per heavy atom. The fraction of sp³-hybridized carbons (Fsp3) is 0.267. The first-order valence-corrected chi connectivity index (χ1v) is 6.25. The molecule has 0 bridgehead atoms. The molecule has 0 heterocycles. The minimum absolute atomic E-state index is 0.0102. The fourth-order valence-electron chi connectivity index (χ4n) is 1.44. The number of carboxylic acid groups (broad SMARTS) is 1. The van der Waals surface area contributed by atoms with E-state index in [2.05, 4.69) is 6.58 Å². The molecule has 0 aliphatic heterocycles. The number of ether oxygens (including phenoxy) is 2. The maximum atomic E-state index is 11.8. The summed E-state index contributed by atoms with van der Waals surface area (Å²) in [6.45, 7) is 5.09. The average molecular weight is 292 g/mol. The van der Waals surface area contributed by atoms with E-state index >= 15 is 0 Å². The quantitative estimate of drug-likeness (QED) is 0.470. The molecule has 0 radical (unpaired) electrons. The molecule has 112 valence electrons. The minimum atomic E-state index is -1.20. The number of benzene rings is 1. The van der Waals surface area contributed by atoms with E-state index in [1.54, 1.807) is 6.07 Å². The average Bonchev–Trinajstić information content (AvgIpc) is 2.46. The summed E-state index contributed by atoms with van der Waals surface area (Å²) in [5, 5.41) is 8.96. The van der Waals surface area contributed by atoms with E-state index in [9.17, 15) is 14.4 Å². The molecule has 1 aromatic rings. The van der Waals surface area contributed by atoms with Crippen molar-refractivity contribution in [1.29, 1.82) is 0 Å². The zero-order valence-corrected chi connectivity index (χ0v) is 11.6. The third-order valence-corrected chi connectivity index (χ3v) is 2.48. The summed E-state index contributed by atoms with van der Waals surface area (Å²) in [5.74, 6) is -2.42. The molecule has 0 saturated carbocycles. The molecular weight excluding hydrogens is 276 g/mol. The van der Waals surface area contributed by atoms with E-state index in [-0.39, 0.29) is 24.3 Å². The lowest BCUT2D eigenvalue weighted by atomic mass is 10.1. The van der Waals surface area contributed by atoms with Crippen LogP contribution in [0.3, 0.4) is 0 Å². The molecule has 0 fully saturated rings. The Labute approximate surface area is 122 Å². The van der Waals surface area contributed by atoms with Crippen LogP contribution in [0.5, 0.6) is 0 Å². The Balaban J connectivity index is 2.43. The molecule has 0 atom stereocenters. The van der Waals surface area contributed by atoms with Crippen molar-refractivity contribution in [2.45, 2.75) is 13.3 Å². The van der Waals surface area contributed by atoms with Gasteiger partial charge in [0, 0.05) is 12.0 Å². The molecule has 1 aromatic carbocycles. The monoisotopic (exact) mass is 292 g/mol. The van der Waals surface area contributed by atoms with Gasteiger partial charge in [-0.25, -0.2) is 14.4 Å². The van der Waals surface area contributed by atoms with Crippen molar-refractivity contribution >= 4 is 17.9 Å². The van der Waals surface area contributed by atoms with Gasteiger partial charge in [0.15, 0.2) is 0 Å². The summed E-state index contributed by atoms with van der Waals surface area (Å²) in [7, 11) is 0. The summed E-state index contributed by atoms with van der Waals surface area (Å²) in [6.07, 6.45) is 0.319. The topological polar surface area (TPSA) is 89.9 Å². The number of carbonyl (C=O) groups is 3. The van der Waals surface area contributed by atoms with Crippen molar-refractivity contribution in [2.24, 2.45) is 0 Å². The molecule has 0 saturated heterocycles. The summed E-state index contributed by atoms with van der Waals surface area (Å²) in [4.78, 5) is 33.8. The van der Waals surface area contributed by atoms with Crippen LogP contribution in [-0.2, 0) is 14.3 Å². The molecule has 0 amide bonds. The number of rotatable bonds is 7. The van der Waals surface area contributed by atoms with E-state index in [1.807, 2.05) is 0 Å². The van der Waals surface area contributed by atoms with E-state index < -0.39 is 17.9 Å². The molecule has 6 nitrogen and oxygen atoms in total. The highest BCUT2D eigenvalue weighted by molar-refractivity contribution is 6.02. The Kier molecular flexibility index (Phi) is 6.13. The number of hydrogen-bond donors (Lipinski definition) is 1. The third-order valence-electron chi connectivity index (χ3n) is 2.48. The number of carboxylic acids is 1. The smallest absolute Gasteiger partial charge is 0.339 e. The van der Waals surface area contributed by atoms with Crippen molar-refractivity contribution in [3.8, 4) is 0 Å². The minimum Gasteiger partial charge on any atom is -0.478 e. The molecule has 0 aromatic heterocycles. The predicted octanol–water partition coefficient (Wildman–Crippen LogP) is 2.05. The number of hydrogen-bond acceptors (Lipinski definition) is 5. The van der Waals surface area contributed by atoms with Crippen LogP contribution in [0.25, 0.3) is 0 Å². The van der Waals surface area contributed by atoms with Gasteiger partial charge in [-0.15, -0.1) is 0 Å². The van der Waals surface area contributed by atoms with Crippen molar-refractivity contribution in [3.63, 3.8) is 0 Å². The zero-order chi connectivity index (χ0) is 15.8. The van der Waals surface area contributed by atoms with Gasteiger partial charge < -0.3 is 14.6 Å². The van der Waals surface area contributed by atoms with Crippen LogP contribution in [0.2, 0.25) is 0 Å². The molecule has 21 heavy (non-hydrogen) atoms. The van der Waals surface area contributed by atoms with Gasteiger partial charge in [0.1, 0.15) is 0 Å². The van der Waals surface area contributed by atoms with Crippen LogP contribution < -0.4 is 0 Å².